The molecule has 1 atom stereocenters. The van der Waals surface area contributed by atoms with Crippen LogP contribution in [0, 0.1) is 0 Å². The number of hydrogen-bond donors (Lipinski definition) is 2. The summed E-state index contributed by atoms with van der Waals surface area (Å²) in [5, 5.41) is 5.65. The predicted octanol–water partition coefficient (Wildman–Crippen LogP) is 3.57. The van der Waals surface area contributed by atoms with Gasteiger partial charge in [0.05, 0.1) is 12.2 Å². The maximum Gasteiger partial charge on any atom is 0.240 e. The second-order valence-electron chi connectivity index (χ2n) is 5.43. The zero-order chi connectivity index (χ0) is 17.6. The van der Waals surface area contributed by atoms with E-state index in [4.69, 9.17) is 0 Å². The molecular weight excluding hydrogens is 402 g/mol. The lowest BCUT2D eigenvalue weighted by Crippen LogP contribution is -2.28. The van der Waals surface area contributed by atoms with Crippen molar-refractivity contribution in [2.45, 2.75) is 18.2 Å². The van der Waals surface area contributed by atoms with Crippen LogP contribution in [0.2, 0.25) is 0 Å². The molecule has 2 amide bonds. The SMILES string of the molecule is O=C(CC1SC(=NCc2ccccc2)NC1=O)Nc1ccccc1Br. The van der Waals surface area contributed by atoms with Crippen LogP contribution >= 0.6 is 27.7 Å². The first kappa shape index (κ1) is 17.7. The molecule has 1 aliphatic rings. The number of nitrogens with one attached hydrogen (secondary N) is 2. The highest BCUT2D eigenvalue weighted by atomic mass is 79.9. The minimum absolute atomic E-state index is 0.0994. The molecule has 0 saturated carbocycles. The quantitative estimate of drug-likeness (QED) is 0.780. The van der Waals surface area contributed by atoms with Crippen molar-refractivity contribution >= 4 is 50.4 Å². The number of para-hydroxylation sites is 1. The number of amidine groups is 1. The first-order valence-electron chi connectivity index (χ1n) is 7.72. The molecule has 25 heavy (non-hydrogen) atoms. The largest absolute Gasteiger partial charge is 0.325 e. The van der Waals surface area contributed by atoms with Gasteiger partial charge in [0.25, 0.3) is 0 Å². The van der Waals surface area contributed by atoms with Gasteiger partial charge in [0, 0.05) is 10.9 Å². The first-order valence-corrected chi connectivity index (χ1v) is 9.39. The van der Waals surface area contributed by atoms with Crippen LogP contribution in [0.4, 0.5) is 5.69 Å². The van der Waals surface area contributed by atoms with Crippen LogP contribution in [-0.4, -0.2) is 22.2 Å². The number of rotatable bonds is 5. The van der Waals surface area contributed by atoms with Gasteiger partial charge >= 0.3 is 0 Å². The van der Waals surface area contributed by atoms with Crippen molar-refractivity contribution in [1.82, 2.24) is 5.32 Å². The Bertz CT molecular complexity index is 811. The molecule has 1 unspecified atom stereocenters. The Balaban J connectivity index is 1.56. The lowest BCUT2D eigenvalue weighted by atomic mass is 10.2. The number of carbonyl (C=O) groups is 2. The van der Waals surface area contributed by atoms with E-state index in [1.165, 1.54) is 11.8 Å². The van der Waals surface area contributed by atoms with Gasteiger partial charge in [0.1, 0.15) is 5.25 Å². The zero-order valence-electron chi connectivity index (χ0n) is 13.2. The summed E-state index contributed by atoms with van der Waals surface area (Å²) in [5.74, 6) is -0.386. The van der Waals surface area contributed by atoms with E-state index >= 15 is 0 Å². The summed E-state index contributed by atoms with van der Waals surface area (Å²) in [6.07, 6.45) is 0.0994. The summed E-state index contributed by atoms with van der Waals surface area (Å²) in [6, 6.07) is 17.2. The Kier molecular flexibility index (Phi) is 5.88. The topological polar surface area (TPSA) is 70.6 Å². The Hall–Kier alpha value is -2.12. The standard InChI is InChI=1S/C18H16BrN3O2S/c19-13-8-4-5-9-14(13)21-16(23)10-15-17(24)22-18(25-15)20-11-12-6-2-1-3-7-12/h1-9,15H,10-11H2,(H,21,23)(H,20,22,24). The number of halogens is 1. The van der Waals surface area contributed by atoms with Crippen molar-refractivity contribution in [3.05, 3.63) is 64.6 Å². The minimum atomic E-state index is -0.461. The third-order valence-corrected chi connectivity index (χ3v) is 5.35. The summed E-state index contributed by atoms with van der Waals surface area (Å²) in [4.78, 5) is 28.6. The third-order valence-electron chi connectivity index (χ3n) is 3.54. The second-order valence-corrected chi connectivity index (χ2v) is 7.48. The fraction of sp³-hybridized carbons (Fsp3) is 0.167. The molecule has 2 aromatic rings. The van der Waals surface area contributed by atoms with Crippen LogP contribution in [0.1, 0.15) is 12.0 Å². The maximum atomic E-state index is 12.2. The number of aliphatic imine (C=N–C) groups is 1. The molecule has 1 heterocycles. The van der Waals surface area contributed by atoms with E-state index in [1.54, 1.807) is 6.07 Å². The number of benzene rings is 2. The summed E-state index contributed by atoms with van der Waals surface area (Å²) in [5.41, 5.74) is 1.76. The van der Waals surface area contributed by atoms with Gasteiger partial charge in [-0.05, 0) is 33.6 Å². The van der Waals surface area contributed by atoms with Crippen LogP contribution in [-0.2, 0) is 16.1 Å². The normalized spacial score (nSPS) is 18.2. The van der Waals surface area contributed by atoms with Crippen molar-refractivity contribution in [2.24, 2.45) is 4.99 Å². The number of carbonyl (C=O) groups excluding carboxylic acids is 2. The number of hydrogen-bond acceptors (Lipinski definition) is 4. The smallest absolute Gasteiger partial charge is 0.240 e. The Morgan fingerprint density at radius 1 is 1.16 bits per heavy atom. The highest BCUT2D eigenvalue weighted by molar-refractivity contribution is 9.10. The Labute approximate surface area is 158 Å². The monoisotopic (exact) mass is 417 g/mol. The molecule has 0 spiro atoms. The van der Waals surface area contributed by atoms with Crippen LogP contribution in [0.15, 0.2) is 64.1 Å². The zero-order valence-corrected chi connectivity index (χ0v) is 15.6. The van der Waals surface area contributed by atoms with Crippen molar-refractivity contribution in [3.63, 3.8) is 0 Å². The summed E-state index contributed by atoms with van der Waals surface area (Å²) in [6.45, 7) is 0.499. The molecule has 1 aliphatic heterocycles. The van der Waals surface area contributed by atoms with E-state index in [2.05, 4.69) is 31.6 Å². The third kappa shape index (κ3) is 4.93. The minimum Gasteiger partial charge on any atom is -0.325 e. The van der Waals surface area contributed by atoms with Gasteiger partial charge in [-0.2, -0.15) is 0 Å². The first-order chi connectivity index (χ1) is 12.1. The highest BCUT2D eigenvalue weighted by Gasteiger charge is 2.32. The second kappa shape index (κ2) is 8.31. The molecule has 2 N–H and O–H groups in total. The number of thioether (sulfide) groups is 1. The molecule has 1 saturated heterocycles. The summed E-state index contributed by atoms with van der Waals surface area (Å²) >= 11 is 4.68. The average Bonchev–Trinajstić information content (AvgIpc) is 2.96. The molecule has 0 aromatic heterocycles. The maximum absolute atomic E-state index is 12.2. The van der Waals surface area contributed by atoms with E-state index in [9.17, 15) is 9.59 Å². The average molecular weight is 418 g/mol. The van der Waals surface area contributed by atoms with Crippen molar-refractivity contribution < 1.29 is 9.59 Å². The van der Waals surface area contributed by atoms with E-state index in [0.29, 0.717) is 17.4 Å². The van der Waals surface area contributed by atoms with Gasteiger partial charge in [0.15, 0.2) is 5.17 Å². The molecule has 5 nitrogen and oxygen atoms in total. The summed E-state index contributed by atoms with van der Waals surface area (Å²) < 4.78 is 0.803. The van der Waals surface area contributed by atoms with Gasteiger partial charge in [-0.3, -0.25) is 14.6 Å². The van der Waals surface area contributed by atoms with E-state index < -0.39 is 5.25 Å². The van der Waals surface area contributed by atoms with Gasteiger partial charge in [-0.1, -0.05) is 54.2 Å². The van der Waals surface area contributed by atoms with Gasteiger partial charge in [0.2, 0.25) is 11.8 Å². The predicted molar refractivity (Wildman–Crippen MR) is 104 cm³/mol. The van der Waals surface area contributed by atoms with E-state index in [1.807, 2.05) is 48.5 Å². The lowest BCUT2D eigenvalue weighted by Gasteiger charge is -2.08. The lowest BCUT2D eigenvalue weighted by molar-refractivity contribution is -0.122. The number of amides is 2. The fourth-order valence-corrected chi connectivity index (χ4v) is 3.65. The molecule has 128 valence electrons. The molecule has 7 heteroatoms. The number of nitrogens with zero attached hydrogens (tertiary/aromatic N) is 1. The summed E-state index contributed by atoms with van der Waals surface area (Å²) in [7, 11) is 0. The molecule has 1 fully saturated rings. The van der Waals surface area contributed by atoms with Crippen molar-refractivity contribution in [2.75, 3.05) is 5.32 Å². The Morgan fingerprint density at radius 3 is 2.64 bits per heavy atom. The van der Waals surface area contributed by atoms with Crippen LogP contribution in [0.25, 0.3) is 0 Å². The molecule has 0 bridgehead atoms. The van der Waals surface area contributed by atoms with Gasteiger partial charge in [-0.25, -0.2) is 0 Å². The molecule has 3 rings (SSSR count). The van der Waals surface area contributed by atoms with Crippen LogP contribution in [0.5, 0.6) is 0 Å². The molecular formula is C18H16BrN3O2S. The molecule has 0 aliphatic carbocycles. The van der Waals surface area contributed by atoms with Gasteiger partial charge in [-0.15, -0.1) is 0 Å². The van der Waals surface area contributed by atoms with E-state index in [-0.39, 0.29) is 18.2 Å². The van der Waals surface area contributed by atoms with Crippen molar-refractivity contribution in [1.29, 1.82) is 0 Å². The Morgan fingerprint density at radius 2 is 1.88 bits per heavy atom. The molecule has 2 aromatic carbocycles. The fourth-order valence-electron chi connectivity index (χ4n) is 2.29. The molecule has 0 radical (unpaired) electrons. The van der Waals surface area contributed by atoms with E-state index in [0.717, 1.165) is 10.0 Å². The van der Waals surface area contributed by atoms with Crippen molar-refractivity contribution in [3.8, 4) is 0 Å². The van der Waals surface area contributed by atoms with Gasteiger partial charge < -0.3 is 10.6 Å². The number of anilines is 1. The van der Waals surface area contributed by atoms with Crippen LogP contribution in [0.3, 0.4) is 0 Å². The van der Waals surface area contributed by atoms with Crippen LogP contribution < -0.4 is 10.6 Å². The highest BCUT2D eigenvalue weighted by Crippen LogP contribution is 2.25.